The molecule has 13 heteroatoms. The number of aromatic nitrogens is 3. The van der Waals surface area contributed by atoms with Gasteiger partial charge in [0.2, 0.25) is 5.91 Å². The molecule has 0 fully saturated rings. The molecular formula is C34H37ClFN7O4. The summed E-state index contributed by atoms with van der Waals surface area (Å²) in [5.74, 6) is -0.286. The van der Waals surface area contributed by atoms with Crippen LogP contribution in [-0.2, 0) is 25.5 Å². The quantitative estimate of drug-likeness (QED) is 0.106. The molecule has 2 amide bonds. The van der Waals surface area contributed by atoms with Crippen molar-refractivity contribution in [2.45, 2.75) is 27.2 Å². The van der Waals surface area contributed by atoms with Crippen molar-refractivity contribution in [3.8, 4) is 11.1 Å². The Morgan fingerprint density at radius 2 is 1.85 bits per heavy atom. The monoisotopic (exact) mass is 661 g/mol. The topological polar surface area (TPSA) is 141 Å². The number of benzene rings is 2. The highest BCUT2D eigenvalue weighted by atomic mass is 35.5. The van der Waals surface area contributed by atoms with E-state index in [1.54, 1.807) is 13.0 Å². The molecular weight excluding hydrogens is 625 g/mol. The van der Waals surface area contributed by atoms with Crippen molar-refractivity contribution < 1.29 is 23.5 Å². The molecule has 0 aliphatic carbocycles. The number of H-pyrrole nitrogens is 1. The fourth-order valence-corrected chi connectivity index (χ4v) is 5.08. The van der Waals surface area contributed by atoms with Gasteiger partial charge in [0.15, 0.2) is 0 Å². The van der Waals surface area contributed by atoms with E-state index in [9.17, 15) is 18.8 Å². The molecule has 246 valence electrons. The van der Waals surface area contributed by atoms with Crippen LogP contribution in [0.4, 0.5) is 21.7 Å². The van der Waals surface area contributed by atoms with Crippen LogP contribution >= 0.6 is 11.6 Å². The summed E-state index contributed by atoms with van der Waals surface area (Å²) in [6.07, 6.45) is 3.22. The van der Waals surface area contributed by atoms with E-state index in [2.05, 4.69) is 54.4 Å². The van der Waals surface area contributed by atoms with E-state index in [0.29, 0.717) is 59.5 Å². The number of likely N-dealkylation sites (N-methyl/N-ethyl adjacent to an activating group) is 1. The number of aromatic amines is 1. The lowest BCUT2D eigenvalue weighted by Gasteiger charge is -2.17. The van der Waals surface area contributed by atoms with Gasteiger partial charge in [0.1, 0.15) is 23.8 Å². The standard InChI is InChI=1S/C31H31ClFN7O2.C3H6O2/c1-3-40(4-2)13-12-34-27(41)16-21-14-22(19-8-6-5-7-9-19)26(37-21)17-23-28-29(35-18-36-30(28)39-31(23)42)38-20-10-11-25(33)24(32)15-20;1-2-5-3-4/h5-11,14-15,17-18,37H,3-4,12-13,16H2,1-2H3,(H,34,41)(H2,35,36,38,39,42);3H,2H2,1H3/b23-17-;. The first-order valence-corrected chi connectivity index (χ1v) is 15.6. The first-order valence-electron chi connectivity index (χ1n) is 15.2. The fourth-order valence-electron chi connectivity index (χ4n) is 4.90. The highest BCUT2D eigenvalue weighted by Crippen LogP contribution is 2.38. The summed E-state index contributed by atoms with van der Waals surface area (Å²) in [5.41, 5.74) is 4.43. The molecule has 0 bridgehead atoms. The normalized spacial score (nSPS) is 12.6. The number of carbonyl (C=O) groups excluding carboxylic acids is 3. The van der Waals surface area contributed by atoms with E-state index in [4.69, 9.17) is 11.6 Å². The van der Waals surface area contributed by atoms with Gasteiger partial charge in [-0.25, -0.2) is 14.4 Å². The summed E-state index contributed by atoms with van der Waals surface area (Å²) in [5, 5.41) is 8.86. The molecule has 0 saturated heterocycles. The van der Waals surface area contributed by atoms with Crippen molar-refractivity contribution in [3.63, 3.8) is 0 Å². The summed E-state index contributed by atoms with van der Waals surface area (Å²) in [6, 6.07) is 15.9. The first-order chi connectivity index (χ1) is 22.8. The van der Waals surface area contributed by atoms with Gasteiger partial charge in [-0.2, -0.15) is 0 Å². The van der Waals surface area contributed by atoms with Gasteiger partial charge in [-0.05, 0) is 55.9 Å². The average Bonchev–Trinajstić information content (AvgIpc) is 3.62. The minimum Gasteiger partial charge on any atom is -0.468 e. The molecule has 11 nitrogen and oxygen atoms in total. The van der Waals surface area contributed by atoms with Crippen molar-refractivity contribution in [2.75, 3.05) is 43.4 Å². The van der Waals surface area contributed by atoms with Gasteiger partial charge in [-0.3, -0.25) is 14.4 Å². The van der Waals surface area contributed by atoms with Crippen LogP contribution in [0.3, 0.4) is 0 Å². The molecule has 0 atom stereocenters. The summed E-state index contributed by atoms with van der Waals surface area (Å²) < 4.78 is 17.9. The maximum Gasteiger partial charge on any atom is 0.293 e. The van der Waals surface area contributed by atoms with Crippen LogP contribution < -0.4 is 16.0 Å². The molecule has 1 aliphatic heterocycles. The van der Waals surface area contributed by atoms with Gasteiger partial charge >= 0.3 is 0 Å². The van der Waals surface area contributed by atoms with E-state index < -0.39 is 5.82 Å². The Hall–Kier alpha value is -5.07. The van der Waals surface area contributed by atoms with Crippen molar-refractivity contribution in [1.29, 1.82) is 0 Å². The highest BCUT2D eigenvalue weighted by molar-refractivity contribution is 6.36. The number of fused-ring (bicyclic) bond motifs is 1. The van der Waals surface area contributed by atoms with Crippen LogP contribution in [0.1, 0.15) is 37.7 Å². The van der Waals surface area contributed by atoms with Crippen LogP contribution in [0.25, 0.3) is 22.8 Å². The summed E-state index contributed by atoms with van der Waals surface area (Å²) >= 11 is 5.97. The van der Waals surface area contributed by atoms with Gasteiger partial charge < -0.3 is 30.6 Å². The van der Waals surface area contributed by atoms with Crippen LogP contribution in [0.2, 0.25) is 5.02 Å². The Morgan fingerprint density at radius 1 is 1.09 bits per heavy atom. The molecule has 4 N–H and O–H groups in total. The molecule has 0 radical (unpaired) electrons. The maximum atomic E-state index is 13.7. The third-order valence-corrected chi connectivity index (χ3v) is 7.57. The Morgan fingerprint density at radius 3 is 2.51 bits per heavy atom. The van der Waals surface area contributed by atoms with Gasteiger partial charge in [-0.1, -0.05) is 55.8 Å². The molecule has 2 aromatic carbocycles. The van der Waals surface area contributed by atoms with Crippen molar-refractivity contribution in [1.82, 2.24) is 25.2 Å². The predicted molar refractivity (Wildman–Crippen MR) is 182 cm³/mol. The number of halogens is 2. The molecule has 4 aromatic rings. The zero-order valence-electron chi connectivity index (χ0n) is 26.4. The molecule has 0 saturated carbocycles. The van der Waals surface area contributed by atoms with E-state index in [1.165, 1.54) is 24.5 Å². The lowest BCUT2D eigenvalue weighted by Crippen LogP contribution is -2.35. The van der Waals surface area contributed by atoms with Gasteiger partial charge in [0.05, 0.1) is 29.2 Å². The number of hydrogen-bond donors (Lipinski definition) is 4. The smallest absolute Gasteiger partial charge is 0.293 e. The fraction of sp³-hybridized carbons (Fsp3) is 0.265. The molecule has 47 heavy (non-hydrogen) atoms. The maximum absolute atomic E-state index is 13.7. The van der Waals surface area contributed by atoms with Gasteiger partial charge in [-0.15, -0.1) is 0 Å². The Balaban J connectivity index is 0.000000930. The molecule has 0 unspecified atom stereocenters. The van der Waals surface area contributed by atoms with Gasteiger partial charge in [0.25, 0.3) is 12.4 Å². The summed E-state index contributed by atoms with van der Waals surface area (Å²) in [6.45, 7) is 10.1. The number of nitrogens with zero attached hydrogens (tertiary/aromatic N) is 3. The Kier molecular flexibility index (Phi) is 12.6. The second-order valence-corrected chi connectivity index (χ2v) is 10.7. The second-order valence-electron chi connectivity index (χ2n) is 10.3. The number of amides is 2. The lowest BCUT2D eigenvalue weighted by molar-refractivity contribution is -0.128. The van der Waals surface area contributed by atoms with Crippen LogP contribution in [0, 0.1) is 5.82 Å². The van der Waals surface area contributed by atoms with E-state index >= 15 is 0 Å². The molecule has 1 aliphatic rings. The number of hydrogen-bond acceptors (Lipinski definition) is 8. The number of carbonyl (C=O) groups is 3. The minimum atomic E-state index is -0.541. The van der Waals surface area contributed by atoms with Crippen LogP contribution in [-0.4, -0.2) is 70.9 Å². The zero-order valence-corrected chi connectivity index (χ0v) is 27.2. The third-order valence-electron chi connectivity index (χ3n) is 7.28. The SMILES string of the molecule is CCN(CC)CCNC(=O)Cc1cc(-c2ccccc2)c(/C=C2\C(=O)Nc3ncnc(Nc4ccc(F)c(Cl)c4)c32)[nH]1.CCOC=O. The van der Waals surface area contributed by atoms with Gasteiger partial charge in [0, 0.05) is 35.7 Å². The third kappa shape index (κ3) is 9.24. The van der Waals surface area contributed by atoms with Crippen molar-refractivity contribution >= 4 is 58.9 Å². The number of nitrogens with one attached hydrogen (secondary N) is 4. The summed E-state index contributed by atoms with van der Waals surface area (Å²) in [7, 11) is 0. The molecule has 5 rings (SSSR count). The molecule has 2 aromatic heterocycles. The van der Waals surface area contributed by atoms with Crippen LogP contribution in [0.5, 0.6) is 0 Å². The number of rotatable bonds is 13. The predicted octanol–water partition coefficient (Wildman–Crippen LogP) is 5.68. The van der Waals surface area contributed by atoms with E-state index in [-0.39, 0.29) is 23.3 Å². The summed E-state index contributed by atoms with van der Waals surface area (Å²) in [4.78, 5) is 49.3. The van der Waals surface area contributed by atoms with E-state index in [1.807, 2.05) is 36.4 Å². The first kappa shape index (κ1) is 34.8. The number of ether oxygens (including phenoxy) is 1. The van der Waals surface area contributed by atoms with Crippen LogP contribution in [0.15, 0.2) is 60.9 Å². The Bertz CT molecular complexity index is 1720. The number of anilines is 3. The minimum absolute atomic E-state index is 0.0424. The lowest BCUT2D eigenvalue weighted by atomic mass is 10.0. The Labute approximate surface area is 277 Å². The highest BCUT2D eigenvalue weighted by Gasteiger charge is 2.30. The van der Waals surface area contributed by atoms with Crippen molar-refractivity contribution in [3.05, 3.63) is 88.7 Å². The molecule has 0 spiro atoms. The largest absolute Gasteiger partial charge is 0.468 e. The second kappa shape index (κ2) is 17.0. The van der Waals surface area contributed by atoms with E-state index in [0.717, 1.165) is 30.8 Å². The zero-order chi connectivity index (χ0) is 33.8. The average molecular weight is 662 g/mol. The van der Waals surface area contributed by atoms with Crippen molar-refractivity contribution in [2.24, 2.45) is 0 Å². The molecule has 3 heterocycles.